The second-order valence-electron chi connectivity index (χ2n) is 6.04. The first kappa shape index (κ1) is 17.8. The van der Waals surface area contributed by atoms with E-state index in [4.69, 9.17) is 23.2 Å². The summed E-state index contributed by atoms with van der Waals surface area (Å²) in [6.07, 6.45) is 1.14. The van der Waals surface area contributed by atoms with Gasteiger partial charge in [-0.2, -0.15) is 0 Å². The molecule has 1 heterocycles. The van der Waals surface area contributed by atoms with Crippen molar-refractivity contribution < 1.29 is 9.59 Å². The van der Waals surface area contributed by atoms with Gasteiger partial charge in [0.15, 0.2) is 0 Å². The van der Waals surface area contributed by atoms with Crippen molar-refractivity contribution in [1.82, 2.24) is 0 Å². The Morgan fingerprint density at radius 3 is 2.52 bits per heavy atom. The minimum atomic E-state index is -0.396. The SMILES string of the molecule is CCc1ccc(N2C[C@H](C(=O)Nc3ccc(Cl)c(Cl)c3)CC2=O)cc1. The monoisotopic (exact) mass is 376 g/mol. The van der Waals surface area contributed by atoms with Crippen LogP contribution in [0.15, 0.2) is 42.5 Å². The largest absolute Gasteiger partial charge is 0.326 e. The van der Waals surface area contributed by atoms with Gasteiger partial charge in [0.25, 0.3) is 0 Å². The van der Waals surface area contributed by atoms with Gasteiger partial charge in [-0.25, -0.2) is 0 Å². The van der Waals surface area contributed by atoms with Crippen LogP contribution in [0.3, 0.4) is 0 Å². The fourth-order valence-corrected chi connectivity index (χ4v) is 3.16. The number of hydrogen-bond donors (Lipinski definition) is 1. The summed E-state index contributed by atoms with van der Waals surface area (Å²) in [6, 6.07) is 12.8. The number of halogens is 2. The lowest BCUT2D eigenvalue weighted by Gasteiger charge is -2.17. The number of rotatable bonds is 4. The van der Waals surface area contributed by atoms with Crippen LogP contribution in [0.25, 0.3) is 0 Å². The van der Waals surface area contributed by atoms with Crippen LogP contribution in [0, 0.1) is 5.92 Å². The molecule has 1 atom stereocenters. The van der Waals surface area contributed by atoms with Crippen LogP contribution < -0.4 is 10.2 Å². The molecule has 1 N–H and O–H groups in total. The molecule has 6 heteroatoms. The highest BCUT2D eigenvalue weighted by Gasteiger charge is 2.35. The molecule has 0 aliphatic carbocycles. The number of amides is 2. The third kappa shape index (κ3) is 3.97. The minimum absolute atomic E-state index is 0.0430. The van der Waals surface area contributed by atoms with Crippen LogP contribution in [0.4, 0.5) is 11.4 Å². The van der Waals surface area contributed by atoms with Crippen LogP contribution >= 0.6 is 23.2 Å². The summed E-state index contributed by atoms with van der Waals surface area (Å²) in [7, 11) is 0. The Balaban J connectivity index is 1.68. The van der Waals surface area contributed by atoms with Gasteiger partial charge in [0.2, 0.25) is 11.8 Å². The molecular weight excluding hydrogens is 359 g/mol. The summed E-state index contributed by atoms with van der Waals surface area (Å²) in [5.41, 5.74) is 2.61. The van der Waals surface area contributed by atoms with Crippen molar-refractivity contribution in [3.8, 4) is 0 Å². The lowest BCUT2D eigenvalue weighted by Crippen LogP contribution is -2.28. The van der Waals surface area contributed by atoms with Gasteiger partial charge in [-0.05, 0) is 42.3 Å². The van der Waals surface area contributed by atoms with Crippen LogP contribution in [0.2, 0.25) is 10.0 Å². The summed E-state index contributed by atoms with van der Waals surface area (Å²) in [5, 5.41) is 3.60. The molecule has 1 fully saturated rings. The number of nitrogens with one attached hydrogen (secondary N) is 1. The van der Waals surface area contributed by atoms with E-state index in [1.54, 1.807) is 23.1 Å². The third-order valence-corrected chi connectivity index (χ3v) is 5.08. The standard InChI is InChI=1S/C19H18Cl2N2O2/c1-2-12-3-6-15(7-4-12)23-11-13(9-18(23)24)19(25)22-14-5-8-16(20)17(21)10-14/h3-8,10,13H,2,9,11H2,1H3,(H,22,25)/t13-/m1/s1. The van der Waals surface area contributed by atoms with Gasteiger partial charge in [-0.3, -0.25) is 9.59 Å². The summed E-state index contributed by atoms with van der Waals surface area (Å²) in [6.45, 7) is 2.46. The zero-order valence-corrected chi connectivity index (χ0v) is 15.3. The Labute approximate surface area is 156 Å². The van der Waals surface area contributed by atoms with Gasteiger partial charge in [0.05, 0.1) is 16.0 Å². The Hall–Kier alpha value is -2.04. The van der Waals surface area contributed by atoms with E-state index in [1.807, 2.05) is 24.3 Å². The maximum absolute atomic E-state index is 12.5. The Morgan fingerprint density at radius 2 is 1.88 bits per heavy atom. The Morgan fingerprint density at radius 1 is 1.16 bits per heavy atom. The summed E-state index contributed by atoms with van der Waals surface area (Å²) >= 11 is 11.8. The first-order valence-electron chi connectivity index (χ1n) is 8.13. The average Bonchev–Trinajstić information content (AvgIpc) is 3.00. The molecule has 0 unspecified atom stereocenters. The molecule has 130 valence electrons. The van der Waals surface area contributed by atoms with Gasteiger partial charge < -0.3 is 10.2 Å². The highest BCUT2D eigenvalue weighted by atomic mass is 35.5. The van der Waals surface area contributed by atoms with Crippen molar-refractivity contribution in [2.24, 2.45) is 5.92 Å². The molecule has 1 aliphatic rings. The van der Waals surface area contributed by atoms with Crippen LogP contribution in [0.5, 0.6) is 0 Å². The topological polar surface area (TPSA) is 49.4 Å². The highest BCUT2D eigenvalue weighted by Crippen LogP contribution is 2.28. The second kappa shape index (κ2) is 7.46. The first-order valence-corrected chi connectivity index (χ1v) is 8.88. The lowest BCUT2D eigenvalue weighted by molar-refractivity contribution is -0.122. The van der Waals surface area contributed by atoms with E-state index >= 15 is 0 Å². The van der Waals surface area contributed by atoms with Crippen molar-refractivity contribution in [3.63, 3.8) is 0 Å². The Kier molecular flexibility index (Phi) is 5.30. The van der Waals surface area contributed by atoms with Gasteiger partial charge in [-0.15, -0.1) is 0 Å². The van der Waals surface area contributed by atoms with Gasteiger partial charge in [0, 0.05) is 24.3 Å². The highest BCUT2D eigenvalue weighted by molar-refractivity contribution is 6.42. The molecular formula is C19H18Cl2N2O2. The lowest BCUT2D eigenvalue weighted by atomic mass is 10.1. The van der Waals surface area contributed by atoms with Gasteiger partial charge in [0.1, 0.15) is 0 Å². The van der Waals surface area contributed by atoms with E-state index in [1.165, 1.54) is 5.56 Å². The van der Waals surface area contributed by atoms with Crippen molar-refractivity contribution in [2.45, 2.75) is 19.8 Å². The molecule has 25 heavy (non-hydrogen) atoms. The molecule has 0 radical (unpaired) electrons. The van der Waals surface area contributed by atoms with Crippen molar-refractivity contribution in [3.05, 3.63) is 58.1 Å². The average molecular weight is 377 g/mol. The summed E-state index contributed by atoms with van der Waals surface area (Å²) < 4.78 is 0. The molecule has 0 aromatic heterocycles. The fraction of sp³-hybridized carbons (Fsp3) is 0.263. The smallest absolute Gasteiger partial charge is 0.229 e. The van der Waals surface area contributed by atoms with Crippen molar-refractivity contribution in [1.29, 1.82) is 0 Å². The van der Waals surface area contributed by atoms with E-state index in [0.29, 0.717) is 22.3 Å². The molecule has 2 aromatic carbocycles. The molecule has 2 amide bonds. The molecule has 3 rings (SSSR count). The van der Waals surface area contributed by atoms with Crippen molar-refractivity contribution in [2.75, 3.05) is 16.8 Å². The molecule has 0 saturated carbocycles. The molecule has 1 aliphatic heterocycles. The fourth-order valence-electron chi connectivity index (χ4n) is 2.86. The minimum Gasteiger partial charge on any atom is -0.326 e. The summed E-state index contributed by atoms with van der Waals surface area (Å²) in [4.78, 5) is 26.4. The number of anilines is 2. The molecule has 0 spiro atoms. The van der Waals surface area contributed by atoms with Crippen molar-refractivity contribution >= 4 is 46.4 Å². The van der Waals surface area contributed by atoms with E-state index in [9.17, 15) is 9.59 Å². The molecule has 4 nitrogen and oxygen atoms in total. The van der Waals surface area contributed by atoms with Gasteiger partial charge >= 0.3 is 0 Å². The second-order valence-corrected chi connectivity index (χ2v) is 6.86. The Bertz CT molecular complexity index is 806. The number of hydrogen-bond acceptors (Lipinski definition) is 2. The quantitative estimate of drug-likeness (QED) is 0.850. The number of carbonyl (C=O) groups excluding carboxylic acids is 2. The predicted octanol–water partition coefficient (Wildman–Crippen LogP) is 4.55. The van der Waals surface area contributed by atoms with Crippen LogP contribution in [-0.2, 0) is 16.0 Å². The molecule has 2 aromatic rings. The maximum atomic E-state index is 12.5. The van der Waals surface area contributed by atoms with Crippen LogP contribution in [0.1, 0.15) is 18.9 Å². The maximum Gasteiger partial charge on any atom is 0.229 e. The number of carbonyl (C=O) groups is 2. The number of nitrogens with zero attached hydrogens (tertiary/aromatic N) is 1. The van der Waals surface area contributed by atoms with Crippen LogP contribution in [-0.4, -0.2) is 18.4 Å². The normalized spacial score (nSPS) is 17.0. The first-order chi connectivity index (χ1) is 12.0. The van der Waals surface area contributed by atoms with E-state index in [-0.39, 0.29) is 18.2 Å². The molecule has 0 bridgehead atoms. The van der Waals surface area contributed by atoms with E-state index in [2.05, 4.69) is 12.2 Å². The van der Waals surface area contributed by atoms with E-state index in [0.717, 1.165) is 12.1 Å². The summed E-state index contributed by atoms with van der Waals surface area (Å²) in [5.74, 6) is -0.634. The van der Waals surface area contributed by atoms with E-state index < -0.39 is 5.92 Å². The number of aryl methyl sites for hydroxylation is 1. The third-order valence-electron chi connectivity index (χ3n) is 4.34. The number of benzene rings is 2. The van der Waals surface area contributed by atoms with Gasteiger partial charge in [-0.1, -0.05) is 42.3 Å². The molecule has 1 saturated heterocycles. The zero-order valence-electron chi connectivity index (χ0n) is 13.8. The predicted molar refractivity (Wildman–Crippen MR) is 101 cm³/mol. The zero-order chi connectivity index (χ0) is 18.0.